The van der Waals surface area contributed by atoms with Crippen molar-refractivity contribution in [1.29, 1.82) is 0 Å². The fourth-order valence-electron chi connectivity index (χ4n) is 2.59. The number of alkyl halides is 2. The fourth-order valence-corrected chi connectivity index (χ4v) is 2.59. The zero-order chi connectivity index (χ0) is 14.3. The lowest BCUT2D eigenvalue weighted by atomic mass is 9.87. The van der Waals surface area contributed by atoms with E-state index in [2.05, 4.69) is 5.32 Å². The number of benzene rings is 1. The molecule has 0 aliphatic carbocycles. The van der Waals surface area contributed by atoms with Crippen LogP contribution in [0.15, 0.2) is 12.1 Å². The van der Waals surface area contributed by atoms with Crippen LogP contribution in [0.5, 0.6) is 5.75 Å². The van der Waals surface area contributed by atoms with E-state index >= 15 is 0 Å². The van der Waals surface area contributed by atoms with Gasteiger partial charge in [-0.15, -0.1) is 0 Å². The number of halogens is 3. The van der Waals surface area contributed by atoms with Crippen molar-refractivity contribution in [2.24, 2.45) is 0 Å². The van der Waals surface area contributed by atoms with Gasteiger partial charge >= 0.3 is 0 Å². The van der Waals surface area contributed by atoms with Gasteiger partial charge < -0.3 is 10.1 Å². The molecule has 1 N–H and O–H groups in total. The Bertz CT molecular complexity index is 476. The van der Waals surface area contributed by atoms with E-state index in [9.17, 15) is 13.2 Å². The van der Waals surface area contributed by atoms with Gasteiger partial charge in [-0.25, -0.2) is 13.2 Å². The van der Waals surface area contributed by atoms with E-state index in [0.717, 1.165) is 32.4 Å². The van der Waals surface area contributed by atoms with E-state index in [0.29, 0.717) is 5.56 Å². The summed E-state index contributed by atoms with van der Waals surface area (Å²) in [5.74, 6) is -3.77. The average molecular weight is 273 g/mol. The first kappa shape index (κ1) is 14.2. The molecule has 1 fully saturated rings. The molecular weight excluding hydrogens is 255 g/mol. The first-order valence-electron chi connectivity index (χ1n) is 6.29. The van der Waals surface area contributed by atoms with Gasteiger partial charge in [0.2, 0.25) is 0 Å². The fraction of sp³-hybridized carbons (Fsp3) is 0.571. The Morgan fingerprint density at radius 2 is 2.05 bits per heavy atom. The summed E-state index contributed by atoms with van der Waals surface area (Å²) >= 11 is 0. The lowest BCUT2D eigenvalue weighted by molar-refractivity contribution is 0.0169. The van der Waals surface area contributed by atoms with Gasteiger partial charge in [0.05, 0.1) is 7.11 Å². The number of ether oxygens (including phenoxy) is 1. The maximum atomic E-state index is 14.0. The van der Waals surface area contributed by atoms with Crippen LogP contribution in [0.4, 0.5) is 13.2 Å². The lowest BCUT2D eigenvalue weighted by Crippen LogP contribution is -2.34. The first-order valence-corrected chi connectivity index (χ1v) is 6.29. The summed E-state index contributed by atoms with van der Waals surface area (Å²) in [5.41, 5.74) is -0.382. The monoisotopic (exact) mass is 273 g/mol. The number of rotatable bonds is 3. The lowest BCUT2D eigenvalue weighted by Gasteiger charge is -2.28. The Morgan fingerprint density at radius 1 is 1.37 bits per heavy atom. The molecule has 0 bridgehead atoms. The summed E-state index contributed by atoms with van der Waals surface area (Å²) < 4.78 is 45.9. The van der Waals surface area contributed by atoms with Crippen molar-refractivity contribution in [3.63, 3.8) is 0 Å². The summed E-state index contributed by atoms with van der Waals surface area (Å²) in [6, 6.07) is 2.20. The third-order valence-corrected chi connectivity index (χ3v) is 3.72. The molecule has 0 saturated carbocycles. The van der Waals surface area contributed by atoms with Crippen LogP contribution in [-0.2, 0) is 11.5 Å². The maximum absolute atomic E-state index is 14.0. The molecule has 1 aliphatic rings. The third-order valence-electron chi connectivity index (χ3n) is 3.72. The van der Waals surface area contributed by atoms with Gasteiger partial charge in [-0.2, -0.15) is 0 Å². The SMILES string of the molecule is COc1c(F)cc(C(C)(F)F)cc1C1(C)CCCN1. The minimum Gasteiger partial charge on any atom is -0.493 e. The Morgan fingerprint density at radius 3 is 2.53 bits per heavy atom. The molecule has 1 aliphatic heterocycles. The van der Waals surface area contributed by atoms with Crippen molar-refractivity contribution in [3.8, 4) is 5.75 Å². The topological polar surface area (TPSA) is 21.3 Å². The molecule has 0 spiro atoms. The van der Waals surface area contributed by atoms with E-state index in [4.69, 9.17) is 4.74 Å². The number of nitrogens with one attached hydrogen (secondary N) is 1. The number of methoxy groups -OCH3 is 1. The van der Waals surface area contributed by atoms with E-state index in [-0.39, 0.29) is 11.3 Å². The Kier molecular flexibility index (Phi) is 3.51. The predicted molar refractivity (Wildman–Crippen MR) is 67.1 cm³/mol. The standard InChI is InChI=1S/C14H18F3NO/c1-13(5-4-6-18-13)10-7-9(14(2,16)17)8-11(15)12(10)19-3/h7-8,18H,4-6H2,1-3H3. The molecule has 1 heterocycles. The molecule has 1 unspecified atom stereocenters. The van der Waals surface area contributed by atoms with Crippen LogP contribution in [0.25, 0.3) is 0 Å². The molecule has 1 aromatic rings. The number of hydrogen-bond acceptors (Lipinski definition) is 2. The first-order chi connectivity index (χ1) is 8.78. The van der Waals surface area contributed by atoms with Crippen molar-refractivity contribution in [2.45, 2.75) is 38.2 Å². The molecule has 1 atom stereocenters. The molecule has 5 heteroatoms. The summed E-state index contributed by atoms with van der Waals surface area (Å²) in [6.45, 7) is 3.44. The van der Waals surface area contributed by atoms with E-state index in [1.54, 1.807) is 0 Å². The summed E-state index contributed by atoms with van der Waals surface area (Å²) in [4.78, 5) is 0. The molecule has 19 heavy (non-hydrogen) atoms. The average Bonchev–Trinajstić information content (AvgIpc) is 2.75. The van der Waals surface area contributed by atoms with Crippen LogP contribution < -0.4 is 10.1 Å². The molecule has 0 radical (unpaired) electrons. The van der Waals surface area contributed by atoms with Gasteiger partial charge in [0, 0.05) is 23.6 Å². The summed E-state index contributed by atoms with van der Waals surface area (Å²) in [6.07, 6.45) is 1.69. The van der Waals surface area contributed by atoms with Gasteiger partial charge in [-0.3, -0.25) is 0 Å². The predicted octanol–water partition coefficient (Wildman–Crippen LogP) is 3.54. The van der Waals surface area contributed by atoms with Crippen molar-refractivity contribution < 1.29 is 17.9 Å². The highest BCUT2D eigenvalue weighted by Crippen LogP contribution is 2.41. The second kappa shape index (κ2) is 4.71. The third kappa shape index (κ3) is 2.56. The Labute approximate surface area is 111 Å². The number of hydrogen-bond donors (Lipinski definition) is 1. The van der Waals surface area contributed by atoms with E-state index in [1.807, 2.05) is 6.92 Å². The van der Waals surface area contributed by atoms with Gasteiger partial charge in [-0.05, 0) is 38.4 Å². The largest absolute Gasteiger partial charge is 0.493 e. The van der Waals surface area contributed by atoms with Crippen LogP contribution in [0, 0.1) is 5.82 Å². The smallest absolute Gasteiger partial charge is 0.270 e. The van der Waals surface area contributed by atoms with Gasteiger partial charge in [-0.1, -0.05) is 0 Å². The van der Waals surface area contributed by atoms with Gasteiger partial charge in [0.1, 0.15) is 0 Å². The maximum Gasteiger partial charge on any atom is 0.270 e. The second-order valence-electron chi connectivity index (χ2n) is 5.29. The highest BCUT2D eigenvalue weighted by molar-refractivity contribution is 5.44. The summed E-state index contributed by atoms with van der Waals surface area (Å²) in [5, 5.41) is 3.24. The van der Waals surface area contributed by atoms with Crippen LogP contribution in [0.1, 0.15) is 37.8 Å². The van der Waals surface area contributed by atoms with Crippen molar-refractivity contribution >= 4 is 0 Å². The molecule has 0 amide bonds. The van der Waals surface area contributed by atoms with Gasteiger partial charge in [0.25, 0.3) is 5.92 Å². The molecule has 106 valence electrons. The highest BCUT2D eigenvalue weighted by Gasteiger charge is 2.36. The van der Waals surface area contributed by atoms with Crippen LogP contribution in [0.2, 0.25) is 0 Å². The van der Waals surface area contributed by atoms with Crippen molar-refractivity contribution in [3.05, 3.63) is 29.1 Å². The minimum absolute atomic E-state index is 0.0462. The van der Waals surface area contributed by atoms with Crippen LogP contribution in [0.3, 0.4) is 0 Å². The van der Waals surface area contributed by atoms with E-state index in [1.165, 1.54) is 13.2 Å². The molecule has 0 aromatic heterocycles. The highest BCUT2D eigenvalue weighted by atomic mass is 19.3. The molecular formula is C14H18F3NO. The molecule has 1 aromatic carbocycles. The zero-order valence-electron chi connectivity index (χ0n) is 11.3. The molecule has 2 rings (SSSR count). The molecule has 1 saturated heterocycles. The van der Waals surface area contributed by atoms with E-state index < -0.39 is 17.3 Å². The second-order valence-corrected chi connectivity index (χ2v) is 5.29. The van der Waals surface area contributed by atoms with Crippen LogP contribution >= 0.6 is 0 Å². The van der Waals surface area contributed by atoms with Crippen molar-refractivity contribution in [1.82, 2.24) is 5.32 Å². The Balaban J connectivity index is 2.60. The summed E-state index contributed by atoms with van der Waals surface area (Å²) in [7, 11) is 1.35. The Hall–Kier alpha value is -1.23. The van der Waals surface area contributed by atoms with Crippen molar-refractivity contribution in [2.75, 3.05) is 13.7 Å². The van der Waals surface area contributed by atoms with Crippen LogP contribution in [-0.4, -0.2) is 13.7 Å². The quantitative estimate of drug-likeness (QED) is 0.909. The molecule has 2 nitrogen and oxygen atoms in total. The zero-order valence-corrected chi connectivity index (χ0v) is 11.3. The normalized spacial score (nSPS) is 23.7. The van der Waals surface area contributed by atoms with Gasteiger partial charge in [0.15, 0.2) is 11.6 Å². The minimum atomic E-state index is -3.07.